The standard InChI is InChI=1S/C23H28ClN3O3/c1-3-15-30-20-8-5-18(16-21(20)29-4-2)6-10-23(28)27-13-11-26(12-14-27)22-9-7-19(24)17-25-22/h5-10,16-17H,3-4,11-15H2,1-2H3/b10-6+. The molecule has 30 heavy (non-hydrogen) atoms. The Morgan fingerprint density at radius 2 is 1.90 bits per heavy atom. The van der Waals surface area contributed by atoms with Gasteiger partial charge in [-0.3, -0.25) is 4.79 Å². The lowest BCUT2D eigenvalue weighted by molar-refractivity contribution is -0.126. The maximum atomic E-state index is 12.6. The highest BCUT2D eigenvalue weighted by atomic mass is 35.5. The Morgan fingerprint density at radius 1 is 1.10 bits per heavy atom. The van der Waals surface area contributed by atoms with Crippen LogP contribution in [-0.4, -0.2) is 55.2 Å². The molecule has 1 amide bonds. The molecule has 0 bridgehead atoms. The molecule has 7 heteroatoms. The second-order valence-corrected chi connectivity index (χ2v) is 7.40. The summed E-state index contributed by atoms with van der Waals surface area (Å²) in [5.41, 5.74) is 0.902. The molecule has 1 aromatic heterocycles. The minimum absolute atomic E-state index is 0.00276. The fourth-order valence-electron chi connectivity index (χ4n) is 3.21. The van der Waals surface area contributed by atoms with Gasteiger partial charge in [0.25, 0.3) is 0 Å². The molecule has 0 unspecified atom stereocenters. The number of carbonyl (C=O) groups is 1. The number of carbonyl (C=O) groups excluding carboxylic acids is 1. The molecule has 2 aromatic rings. The number of halogens is 1. The number of aromatic nitrogens is 1. The number of benzene rings is 1. The summed E-state index contributed by atoms with van der Waals surface area (Å²) in [6, 6.07) is 9.47. The third-order valence-corrected chi connectivity index (χ3v) is 5.00. The van der Waals surface area contributed by atoms with Crippen molar-refractivity contribution in [3.05, 3.63) is 53.2 Å². The van der Waals surface area contributed by atoms with Crippen molar-refractivity contribution < 1.29 is 14.3 Å². The topological polar surface area (TPSA) is 54.9 Å². The molecule has 0 saturated carbocycles. The maximum Gasteiger partial charge on any atom is 0.246 e. The van der Waals surface area contributed by atoms with E-state index in [2.05, 4.69) is 16.8 Å². The third kappa shape index (κ3) is 5.89. The predicted octanol–water partition coefficient (Wildman–Crippen LogP) is 4.28. The van der Waals surface area contributed by atoms with Crippen molar-refractivity contribution in [3.8, 4) is 11.5 Å². The maximum absolute atomic E-state index is 12.6. The normalized spacial score (nSPS) is 14.2. The number of nitrogens with zero attached hydrogens (tertiary/aromatic N) is 3. The van der Waals surface area contributed by atoms with Gasteiger partial charge < -0.3 is 19.3 Å². The molecular weight excluding hydrogens is 402 g/mol. The number of pyridine rings is 1. The van der Waals surface area contributed by atoms with Crippen LogP contribution < -0.4 is 14.4 Å². The van der Waals surface area contributed by atoms with Crippen molar-refractivity contribution >= 4 is 29.4 Å². The number of hydrogen-bond donors (Lipinski definition) is 0. The summed E-state index contributed by atoms with van der Waals surface area (Å²) >= 11 is 5.90. The van der Waals surface area contributed by atoms with E-state index in [4.69, 9.17) is 21.1 Å². The van der Waals surface area contributed by atoms with Crippen LogP contribution in [0.1, 0.15) is 25.8 Å². The molecule has 6 nitrogen and oxygen atoms in total. The molecule has 0 atom stereocenters. The second kappa shape index (κ2) is 10.9. The summed E-state index contributed by atoms with van der Waals surface area (Å²) in [5.74, 6) is 2.32. The molecule has 0 spiro atoms. The highest BCUT2D eigenvalue weighted by molar-refractivity contribution is 6.30. The van der Waals surface area contributed by atoms with Gasteiger partial charge in [-0.05, 0) is 49.2 Å². The van der Waals surface area contributed by atoms with Crippen LogP contribution in [0.3, 0.4) is 0 Å². The van der Waals surface area contributed by atoms with Crippen LogP contribution in [0.25, 0.3) is 6.08 Å². The highest BCUT2D eigenvalue weighted by Crippen LogP contribution is 2.29. The molecular formula is C23H28ClN3O3. The van der Waals surface area contributed by atoms with Crippen LogP contribution in [0, 0.1) is 0 Å². The van der Waals surface area contributed by atoms with E-state index in [1.54, 1.807) is 12.3 Å². The summed E-state index contributed by atoms with van der Waals surface area (Å²) < 4.78 is 11.4. The number of rotatable bonds is 8. The molecule has 1 aliphatic heterocycles. The van der Waals surface area contributed by atoms with E-state index in [0.29, 0.717) is 37.1 Å². The van der Waals surface area contributed by atoms with Gasteiger partial charge in [0.2, 0.25) is 5.91 Å². The van der Waals surface area contributed by atoms with Gasteiger partial charge in [-0.2, -0.15) is 0 Å². The van der Waals surface area contributed by atoms with E-state index < -0.39 is 0 Å². The van der Waals surface area contributed by atoms with Crippen LogP contribution in [0.5, 0.6) is 11.5 Å². The molecule has 3 rings (SSSR count). The monoisotopic (exact) mass is 429 g/mol. The van der Waals surface area contributed by atoms with E-state index in [9.17, 15) is 4.79 Å². The van der Waals surface area contributed by atoms with Gasteiger partial charge in [-0.1, -0.05) is 24.6 Å². The molecule has 0 N–H and O–H groups in total. The first-order valence-electron chi connectivity index (χ1n) is 10.3. The Hall–Kier alpha value is -2.73. The third-order valence-electron chi connectivity index (χ3n) is 4.77. The lowest BCUT2D eigenvalue weighted by Crippen LogP contribution is -2.48. The Bertz CT molecular complexity index is 862. The molecule has 2 heterocycles. The first-order valence-corrected chi connectivity index (χ1v) is 10.7. The van der Waals surface area contributed by atoms with Crippen LogP contribution >= 0.6 is 11.6 Å². The molecule has 1 saturated heterocycles. The van der Waals surface area contributed by atoms with Crippen molar-refractivity contribution in [2.45, 2.75) is 20.3 Å². The Labute approximate surface area is 183 Å². The van der Waals surface area contributed by atoms with Gasteiger partial charge in [0.1, 0.15) is 5.82 Å². The Kier molecular flexibility index (Phi) is 7.97. The predicted molar refractivity (Wildman–Crippen MR) is 120 cm³/mol. The van der Waals surface area contributed by atoms with E-state index in [1.807, 2.05) is 48.2 Å². The summed E-state index contributed by atoms with van der Waals surface area (Å²) in [5, 5.41) is 0.621. The van der Waals surface area contributed by atoms with E-state index >= 15 is 0 Å². The summed E-state index contributed by atoms with van der Waals surface area (Å²) in [6.07, 6.45) is 6.02. The van der Waals surface area contributed by atoms with Gasteiger partial charge in [0, 0.05) is 38.5 Å². The molecule has 0 aliphatic carbocycles. The fourth-order valence-corrected chi connectivity index (χ4v) is 3.32. The average molecular weight is 430 g/mol. The van der Waals surface area contributed by atoms with Gasteiger partial charge in [-0.15, -0.1) is 0 Å². The number of hydrogen-bond acceptors (Lipinski definition) is 5. The van der Waals surface area contributed by atoms with Crippen molar-refractivity contribution in [3.63, 3.8) is 0 Å². The number of anilines is 1. The fraction of sp³-hybridized carbons (Fsp3) is 0.391. The zero-order valence-corrected chi connectivity index (χ0v) is 18.3. The van der Waals surface area contributed by atoms with Crippen LogP contribution in [0.4, 0.5) is 5.82 Å². The van der Waals surface area contributed by atoms with Gasteiger partial charge in [0.15, 0.2) is 11.5 Å². The summed E-state index contributed by atoms with van der Waals surface area (Å²) in [6.45, 7) is 8.00. The van der Waals surface area contributed by atoms with E-state index in [1.165, 1.54) is 0 Å². The van der Waals surface area contributed by atoms with Gasteiger partial charge in [0.05, 0.1) is 18.2 Å². The summed E-state index contributed by atoms with van der Waals surface area (Å²) in [7, 11) is 0. The van der Waals surface area contributed by atoms with Crippen molar-refractivity contribution in [2.75, 3.05) is 44.3 Å². The molecule has 160 valence electrons. The minimum atomic E-state index is 0.00276. The van der Waals surface area contributed by atoms with Crippen LogP contribution in [-0.2, 0) is 4.79 Å². The first kappa shape index (κ1) is 22.0. The van der Waals surface area contributed by atoms with Crippen molar-refractivity contribution in [1.82, 2.24) is 9.88 Å². The molecule has 1 fully saturated rings. The second-order valence-electron chi connectivity index (χ2n) is 6.97. The first-order chi connectivity index (χ1) is 14.6. The number of piperazine rings is 1. The van der Waals surface area contributed by atoms with E-state index in [0.717, 1.165) is 36.6 Å². The lowest BCUT2D eigenvalue weighted by Gasteiger charge is -2.34. The number of amides is 1. The average Bonchev–Trinajstić information content (AvgIpc) is 2.77. The van der Waals surface area contributed by atoms with Gasteiger partial charge in [-0.25, -0.2) is 4.98 Å². The Morgan fingerprint density at radius 3 is 2.57 bits per heavy atom. The zero-order chi connectivity index (χ0) is 21.3. The molecule has 0 radical (unpaired) electrons. The van der Waals surface area contributed by atoms with Crippen LogP contribution in [0.2, 0.25) is 5.02 Å². The highest BCUT2D eigenvalue weighted by Gasteiger charge is 2.20. The summed E-state index contributed by atoms with van der Waals surface area (Å²) in [4.78, 5) is 21.0. The van der Waals surface area contributed by atoms with Crippen LogP contribution in [0.15, 0.2) is 42.6 Å². The largest absolute Gasteiger partial charge is 0.490 e. The van der Waals surface area contributed by atoms with Crippen molar-refractivity contribution in [2.24, 2.45) is 0 Å². The van der Waals surface area contributed by atoms with Crippen molar-refractivity contribution in [1.29, 1.82) is 0 Å². The Balaban J connectivity index is 1.58. The minimum Gasteiger partial charge on any atom is -0.490 e. The SMILES string of the molecule is CCCOc1ccc(/C=C/C(=O)N2CCN(c3ccc(Cl)cn3)CC2)cc1OCC. The van der Waals surface area contributed by atoms with Gasteiger partial charge >= 0.3 is 0 Å². The zero-order valence-electron chi connectivity index (χ0n) is 17.5. The lowest BCUT2D eigenvalue weighted by atomic mass is 10.1. The molecule has 1 aromatic carbocycles. The quantitative estimate of drug-likeness (QED) is 0.586. The van der Waals surface area contributed by atoms with E-state index in [-0.39, 0.29) is 5.91 Å². The number of ether oxygens (including phenoxy) is 2. The smallest absolute Gasteiger partial charge is 0.246 e. The molecule has 1 aliphatic rings.